The second-order valence-electron chi connectivity index (χ2n) is 6.18. The van der Waals surface area contributed by atoms with E-state index >= 15 is 0 Å². The van der Waals surface area contributed by atoms with Gasteiger partial charge in [-0.25, -0.2) is 0 Å². The van der Waals surface area contributed by atoms with Gasteiger partial charge in [0.05, 0.1) is 0 Å². The van der Waals surface area contributed by atoms with E-state index in [0.29, 0.717) is 5.75 Å². The summed E-state index contributed by atoms with van der Waals surface area (Å²) in [6.45, 7) is 2.47. The minimum atomic E-state index is -4.51. The molecule has 8 heteroatoms. The number of halogens is 3. The van der Waals surface area contributed by atoms with Crippen LogP contribution in [0.1, 0.15) is 25.3 Å². The van der Waals surface area contributed by atoms with Gasteiger partial charge in [0.1, 0.15) is 11.8 Å². The molecule has 1 aliphatic rings. The highest BCUT2D eigenvalue weighted by atomic mass is 19.4. The Bertz CT molecular complexity index is 634. The van der Waals surface area contributed by atoms with Crippen LogP contribution in [-0.2, 0) is 9.59 Å². The van der Waals surface area contributed by atoms with E-state index in [-0.39, 0.29) is 25.3 Å². The largest absolute Gasteiger partial charge is 0.484 e. The van der Waals surface area contributed by atoms with Gasteiger partial charge < -0.3 is 15.0 Å². The number of aryl methyl sites for hydroxylation is 1. The standard InChI is InChI=1S/C17H21F3N2O3/c1-11-4-3-5-14(8-11)25-10-16(24)22-9-13(21-12(2)23)6-7-15(22)17(18,19)20/h3-5,8,13,15H,6-7,9-10H2,1-2H3,(H,21,23)/t13-,15+/m0/s1. The van der Waals surface area contributed by atoms with Gasteiger partial charge in [0, 0.05) is 19.5 Å². The molecule has 0 aromatic heterocycles. The molecule has 1 fully saturated rings. The molecule has 0 unspecified atom stereocenters. The molecule has 1 aromatic carbocycles. The molecule has 2 atom stereocenters. The molecule has 138 valence electrons. The number of ether oxygens (including phenoxy) is 1. The third-order valence-corrected chi connectivity index (χ3v) is 4.04. The molecule has 1 aromatic rings. The third-order valence-electron chi connectivity index (χ3n) is 4.04. The zero-order chi connectivity index (χ0) is 18.6. The fourth-order valence-corrected chi connectivity index (χ4v) is 2.93. The maximum atomic E-state index is 13.2. The molecule has 1 heterocycles. The van der Waals surface area contributed by atoms with Gasteiger partial charge in [0.25, 0.3) is 5.91 Å². The zero-order valence-electron chi connectivity index (χ0n) is 14.1. The summed E-state index contributed by atoms with van der Waals surface area (Å²) < 4.78 is 45.0. The summed E-state index contributed by atoms with van der Waals surface area (Å²) >= 11 is 0. The van der Waals surface area contributed by atoms with Crippen molar-refractivity contribution in [2.45, 2.75) is 44.9 Å². The lowest BCUT2D eigenvalue weighted by atomic mass is 9.97. The second-order valence-corrected chi connectivity index (χ2v) is 6.18. The van der Waals surface area contributed by atoms with Crippen LogP contribution >= 0.6 is 0 Å². The average Bonchev–Trinajstić information content (AvgIpc) is 2.51. The van der Waals surface area contributed by atoms with Crippen molar-refractivity contribution in [3.63, 3.8) is 0 Å². The van der Waals surface area contributed by atoms with Crippen molar-refractivity contribution in [1.29, 1.82) is 0 Å². The van der Waals surface area contributed by atoms with Gasteiger partial charge in [0.2, 0.25) is 5.91 Å². The molecule has 5 nitrogen and oxygen atoms in total. The number of likely N-dealkylation sites (tertiary alicyclic amines) is 1. The van der Waals surface area contributed by atoms with Gasteiger partial charge in [-0.15, -0.1) is 0 Å². The van der Waals surface area contributed by atoms with Crippen LogP contribution in [0, 0.1) is 6.92 Å². The van der Waals surface area contributed by atoms with E-state index in [4.69, 9.17) is 4.74 Å². The summed E-state index contributed by atoms with van der Waals surface area (Å²) in [5.74, 6) is -0.662. The molecular weight excluding hydrogens is 337 g/mol. The zero-order valence-corrected chi connectivity index (χ0v) is 14.1. The van der Waals surface area contributed by atoms with Crippen molar-refractivity contribution in [2.24, 2.45) is 0 Å². The third kappa shape index (κ3) is 5.37. The van der Waals surface area contributed by atoms with Gasteiger partial charge in [-0.2, -0.15) is 13.2 Å². The minimum absolute atomic E-state index is 0.173. The van der Waals surface area contributed by atoms with E-state index in [9.17, 15) is 22.8 Å². The number of carbonyl (C=O) groups is 2. The first kappa shape index (κ1) is 19.1. The number of nitrogens with zero attached hydrogens (tertiary/aromatic N) is 1. The summed E-state index contributed by atoms with van der Waals surface area (Å²) in [4.78, 5) is 24.2. The number of rotatable bonds is 4. The predicted molar refractivity (Wildman–Crippen MR) is 85.1 cm³/mol. The maximum Gasteiger partial charge on any atom is 0.408 e. The predicted octanol–water partition coefficient (Wildman–Crippen LogP) is 2.43. The van der Waals surface area contributed by atoms with Crippen molar-refractivity contribution in [3.05, 3.63) is 29.8 Å². The van der Waals surface area contributed by atoms with Crippen molar-refractivity contribution in [1.82, 2.24) is 10.2 Å². The van der Waals surface area contributed by atoms with Gasteiger partial charge in [-0.3, -0.25) is 9.59 Å². The molecule has 2 amide bonds. The quantitative estimate of drug-likeness (QED) is 0.899. The lowest BCUT2D eigenvalue weighted by Crippen LogP contribution is -2.59. The Kier molecular flexibility index (Phi) is 5.92. The van der Waals surface area contributed by atoms with Crippen LogP contribution in [0.2, 0.25) is 0 Å². The van der Waals surface area contributed by atoms with Crippen LogP contribution < -0.4 is 10.1 Å². The van der Waals surface area contributed by atoms with Crippen molar-refractivity contribution in [3.8, 4) is 5.75 Å². The number of hydrogen-bond donors (Lipinski definition) is 1. The molecule has 0 spiro atoms. The fraction of sp³-hybridized carbons (Fsp3) is 0.529. The molecule has 2 rings (SSSR count). The first-order valence-electron chi connectivity index (χ1n) is 7.99. The van der Waals surface area contributed by atoms with Crippen LogP contribution in [-0.4, -0.2) is 48.1 Å². The van der Waals surface area contributed by atoms with Gasteiger partial charge in [-0.1, -0.05) is 12.1 Å². The van der Waals surface area contributed by atoms with Gasteiger partial charge in [-0.05, 0) is 37.5 Å². The van der Waals surface area contributed by atoms with E-state index in [2.05, 4.69) is 5.32 Å². The highest BCUT2D eigenvalue weighted by Crippen LogP contribution is 2.32. The highest BCUT2D eigenvalue weighted by Gasteiger charge is 2.48. The Hall–Kier alpha value is -2.25. The number of amides is 2. The first-order valence-corrected chi connectivity index (χ1v) is 7.99. The van der Waals surface area contributed by atoms with Crippen molar-refractivity contribution in [2.75, 3.05) is 13.2 Å². The number of alkyl halides is 3. The van der Waals surface area contributed by atoms with E-state index in [1.54, 1.807) is 18.2 Å². The summed E-state index contributed by atoms with van der Waals surface area (Å²) in [5.41, 5.74) is 0.918. The number of piperidine rings is 1. The van der Waals surface area contributed by atoms with Crippen LogP contribution in [0.5, 0.6) is 5.75 Å². The van der Waals surface area contributed by atoms with Crippen LogP contribution in [0.3, 0.4) is 0 Å². The molecule has 0 bridgehead atoms. The number of carbonyl (C=O) groups excluding carboxylic acids is 2. The Labute approximate surface area is 144 Å². The number of benzene rings is 1. The van der Waals surface area contributed by atoms with E-state index in [0.717, 1.165) is 10.5 Å². The summed E-state index contributed by atoms with van der Waals surface area (Å²) in [6, 6.07) is 4.58. The van der Waals surface area contributed by atoms with Gasteiger partial charge >= 0.3 is 6.18 Å². The smallest absolute Gasteiger partial charge is 0.408 e. The number of hydrogen-bond acceptors (Lipinski definition) is 3. The molecule has 1 aliphatic heterocycles. The van der Waals surface area contributed by atoms with Crippen LogP contribution in [0.4, 0.5) is 13.2 Å². The Morgan fingerprint density at radius 3 is 2.64 bits per heavy atom. The summed E-state index contributed by atoms with van der Waals surface area (Å²) in [5, 5.41) is 2.58. The molecule has 0 aliphatic carbocycles. The van der Waals surface area contributed by atoms with E-state index < -0.39 is 30.8 Å². The SMILES string of the molecule is CC(=O)N[C@H]1CC[C@H](C(F)(F)F)N(C(=O)COc2cccc(C)c2)C1. The summed E-state index contributed by atoms with van der Waals surface area (Å²) in [7, 11) is 0. The Morgan fingerprint density at radius 1 is 1.32 bits per heavy atom. The second kappa shape index (κ2) is 7.76. The van der Waals surface area contributed by atoms with E-state index in [1.165, 1.54) is 6.92 Å². The molecule has 1 N–H and O–H groups in total. The van der Waals surface area contributed by atoms with Crippen LogP contribution in [0.15, 0.2) is 24.3 Å². The fourth-order valence-electron chi connectivity index (χ4n) is 2.93. The normalized spacial score (nSPS) is 20.9. The molecule has 1 saturated heterocycles. The van der Waals surface area contributed by atoms with Crippen LogP contribution in [0.25, 0.3) is 0 Å². The van der Waals surface area contributed by atoms with Crippen molar-refractivity contribution >= 4 is 11.8 Å². The molecule has 0 saturated carbocycles. The lowest BCUT2D eigenvalue weighted by molar-refractivity contribution is -0.198. The summed E-state index contributed by atoms with van der Waals surface area (Å²) in [6.07, 6.45) is -4.59. The Morgan fingerprint density at radius 2 is 2.04 bits per heavy atom. The van der Waals surface area contributed by atoms with Gasteiger partial charge in [0.15, 0.2) is 6.61 Å². The topological polar surface area (TPSA) is 58.6 Å². The average molecular weight is 358 g/mol. The Balaban J connectivity index is 2.06. The monoisotopic (exact) mass is 358 g/mol. The molecule has 0 radical (unpaired) electrons. The highest BCUT2D eigenvalue weighted by molar-refractivity contribution is 5.79. The molecule has 25 heavy (non-hydrogen) atoms. The minimum Gasteiger partial charge on any atom is -0.484 e. The number of nitrogens with one attached hydrogen (secondary N) is 1. The first-order chi connectivity index (χ1) is 11.7. The lowest BCUT2D eigenvalue weighted by Gasteiger charge is -2.40. The van der Waals surface area contributed by atoms with E-state index in [1.807, 2.05) is 13.0 Å². The van der Waals surface area contributed by atoms with Crippen molar-refractivity contribution < 1.29 is 27.5 Å². The maximum absolute atomic E-state index is 13.2. The molecular formula is C17H21F3N2O3.